The van der Waals surface area contributed by atoms with Crippen molar-refractivity contribution >= 4 is 5.78 Å². The van der Waals surface area contributed by atoms with Gasteiger partial charge in [0.15, 0.2) is 11.6 Å². The Hall–Kier alpha value is -0.450. The molecule has 2 rings (SSSR count). The lowest BCUT2D eigenvalue weighted by Crippen LogP contribution is -2.37. The topological polar surface area (TPSA) is 55.8 Å². The van der Waals surface area contributed by atoms with E-state index in [0.29, 0.717) is 32.5 Å². The van der Waals surface area contributed by atoms with Gasteiger partial charge in [0.1, 0.15) is 6.10 Å². The largest absolute Gasteiger partial charge is 0.385 e. The normalized spacial score (nSPS) is 37.4. The van der Waals surface area contributed by atoms with Crippen LogP contribution in [-0.2, 0) is 14.3 Å². The van der Waals surface area contributed by atoms with E-state index >= 15 is 0 Å². The molecule has 0 amide bonds. The Morgan fingerprint density at radius 2 is 2.07 bits per heavy atom. The maximum absolute atomic E-state index is 11.3. The van der Waals surface area contributed by atoms with Crippen LogP contribution in [0.15, 0.2) is 0 Å². The second kappa shape index (κ2) is 3.61. The van der Waals surface area contributed by atoms with Crippen LogP contribution in [0.3, 0.4) is 0 Å². The smallest absolute Gasteiger partial charge is 0.171 e. The van der Waals surface area contributed by atoms with E-state index in [0.717, 1.165) is 0 Å². The SMILES string of the molecule is CC1CC(O)C(=O)CCC12OCCO2. The van der Waals surface area contributed by atoms with Crippen molar-refractivity contribution in [2.24, 2.45) is 5.92 Å². The molecule has 2 aliphatic rings. The summed E-state index contributed by atoms with van der Waals surface area (Å²) >= 11 is 0. The Kier molecular flexibility index (Phi) is 2.60. The molecule has 0 bridgehead atoms. The molecule has 4 nitrogen and oxygen atoms in total. The van der Waals surface area contributed by atoms with Crippen molar-refractivity contribution in [3.8, 4) is 0 Å². The average Bonchev–Trinajstić information content (AvgIpc) is 2.59. The summed E-state index contributed by atoms with van der Waals surface area (Å²) in [7, 11) is 0. The molecule has 0 aromatic rings. The number of Topliss-reactive ketones (excluding diaryl/α,β-unsaturated/α-hetero) is 1. The van der Waals surface area contributed by atoms with Crippen LogP contribution in [0.25, 0.3) is 0 Å². The molecule has 4 heteroatoms. The van der Waals surface area contributed by atoms with E-state index in [1.165, 1.54) is 0 Å². The minimum Gasteiger partial charge on any atom is -0.385 e. The number of ketones is 1. The van der Waals surface area contributed by atoms with Gasteiger partial charge in [-0.1, -0.05) is 6.92 Å². The van der Waals surface area contributed by atoms with Crippen LogP contribution < -0.4 is 0 Å². The van der Waals surface area contributed by atoms with Crippen LogP contribution in [0.1, 0.15) is 26.2 Å². The predicted octanol–water partition coefficient (Wildman–Crippen LogP) is 0.479. The molecular weight excluding hydrogens is 184 g/mol. The quantitative estimate of drug-likeness (QED) is 0.618. The van der Waals surface area contributed by atoms with Crippen molar-refractivity contribution in [3.63, 3.8) is 0 Å². The highest BCUT2D eigenvalue weighted by Gasteiger charge is 2.45. The van der Waals surface area contributed by atoms with Gasteiger partial charge >= 0.3 is 0 Å². The first kappa shape index (κ1) is 10.1. The van der Waals surface area contributed by atoms with Gasteiger partial charge in [-0.3, -0.25) is 4.79 Å². The highest BCUT2D eigenvalue weighted by atomic mass is 16.7. The summed E-state index contributed by atoms with van der Waals surface area (Å²) in [6.07, 6.45) is 0.533. The minimum absolute atomic E-state index is 0.0754. The first-order chi connectivity index (χ1) is 6.64. The molecule has 1 aliphatic carbocycles. The molecule has 1 N–H and O–H groups in total. The molecular formula is C10H16O4. The lowest BCUT2D eigenvalue weighted by Gasteiger charge is -2.31. The third-order valence-electron chi connectivity index (χ3n) is 3.20. The van der Waals surface area contributed by atoms with Crippen LogP contribution >= 0.6 is 0 Å². The van der Waals surface area contributed by atoms with Crippen molar-refractivity contribution in [3.05, 3.63) is 0 Å². The second-order valence-corrected chi connectivity index (χ2v) is 4.13. The summed E-state index contributed by atoms with van der Waals surface area (Å²) in [6, 6.07) is 0. The standard InChI is InChI=1S/C10H16O4/c1-7-6-9(12)8(11)2-3-10(7)13-4-5-14-10/h7,9,12H,2-6H2,1H3. The molecule has 2 unspecified atom stereocenters. The fourth-order valence-corrected chi connectivity index (χ4v) is 2.26. The highest BCUT2D eigenvalue weighted by molar-refractivity contribution is 5.83. The monoisotopic (exact) mass is 200 g/mol. The number of carbonyl (C=O) groups excluding carboxylic acids is 1. The summed E-state index contributed by atoms with van der Waals surface area (Å²) < 4.78 is 11.2. The van der Waals surface area contributed by atoms with E-state index in [-0.39, 0.29) is 11.7 Å². The van der Waals surface area contributed by atoms with Gasteiger partial charge in [-0.05, 0) is 6.42 Å². The van der Waals surface area contributed by atoms with Gasteiger partial charge in [0.05, 0.1) is 13.2 Å². The molecule has 1 saturated heterocycles. The highest BCUT2D eigenvalue weighted by Crippen LogP contribution is 2.38. The number of rotatable bonds is 0. The van der Waals surface area contributed by atoms with Crippen LogP contribution in [0.5, 0.6) is 0 Å². The molecule has 2 atom stereocenters. The van der Waals surface area contributed by atoms with E-state index in [1.807, 2.05) is 6.92 Å². The van der Waals surface area contributed by atoms with Crippen molar-refractivity contribution in [2.75, 3.05) is 13.2 Å². The van der Waals surface area contributed by atoms with Gasteiger partial charge in [0.25, 0.3) is 0 Å². The number of ether oxygens (including phenoxy) is 2. The van der Waals surface area contributed by atoms with E-state index in [1.54, 1.807) is 0 Å². The molecule has 0 aromatic heterocycles. The van der Waals surface area contributed by atoms with Crippen molar-refractivity contribution in [2.45, 2.75) is 38.1 Å². The maximum Gasteiger partial charge on any atom is 0.171 e. The molecule has 80 valence electrons. The number of hydrogen-bond acceptors (Lipinski definition) is 4. The van der Waals surface area contributed by atoms with Crippen LogP contribution in [0.2, 0.25) is 0 Å². The zero-order valence-electron chi connectivity index (χ0n) is 8.36. The summed E-state index contributed by atoms with van der Waals surface area (Å²) in [5.74, 6) is -0.619. The number of carbonyl (C=O) groups is 1. The van der Waals surface area contributed by atoms with Crippen molar-refractivity contribution in [1.29, 1.82) is 0 Å². The Bertz CT molecular complexity index is 232. The minimum atomic E-state index is -0.836. The Balaban J connectivity index is 2.15. The molecule has 1 heterocycles. The first-order valence-corrected chi connectivity index (χ1v) is 5.13. The lowest BCUT2D eigenvalue weighted by molar-refractivity contribution is -0.196. The summed E-state index contributed by atoms with van der Waals surface area (Å²) in [5, 5.41) is 9.51. The molecule has 1 saturated carbocycles. The molecule has 0 radical (unpaired) electrons. The Labute approximate surface area is 83.2 Å². The summed E-state index contributed by atoms with van der Waals surface area (Å²) in [5.41, 5.74) is 0. The van der Waals surface area contributed by atoms with Crippen molar-refractivity contribution < 1.29 is 19.4 Å². The third-order valence-corrected chi connectivity index (χ3v) is 3.20. The predicted molar refractivity (Wildman–Crippen MR) is 48.7 cm³/mol. The van der Waals surface area contributed by atoms with Crippen LogP contribution in [0, 0.1) is 5.92 Å². The van der Waals surface area contributed by atoms with Gasteiger partial charge in [-0.2, -0.15) is 0 Å². The van der Waals surface area contributed by atoms with E-state index < -0.39 is 11.9 Å². The Morgan fingerprint density at radius 1 is 1.43 bits per heavy atom. The summed E-state index contributed by atoms with van der Waals surface area (Å²) in [4.78, 5) is 11.3. The lowest BCUT2D eigenvalue weighted by atomic mass is 9.95. The fraction of sp³-hybridized carbons (Fsp3) is 0.900. The average molecular weight is 200 g/mol. The van der Waals surface area contributed by atoms with Gasteiger partial charge in [0, 0.05) is 18.8 Å². The van der Waals surface area contributed by atoms with E-state index in [4.69, 9.17) is 9.47 Å². The van der Waals surface area contributed by atoms with Gasteiger partial charge < -0.3 is 14.6 Å². The van der Waals surface area contributed by atoms with Crippen LogP contribution in [0.4, 0.5) is 0 Å². The van der Waals surface area contributed by atoms with Gasteiger partial charge in [-0.15, -0.1) is 0 Å². The van der Waals surface area contributed by atoms with E-state index in [2.05, 4.69) is 0 Å². The first-order valence-electron chi connectivity index (χ1n) is 5.13. The van der Waals surface area contributed by atoms with Crippen LogP contribution in [-0.4, -0.2) is 36.0 Å². The zero-order chi connectivity index (χ0) is 10.2. The molecule has 0 aromatic carbocycles. The number of aliphatic hydroxyl groups is 1. The zero-order valence-corrected chi connectivity index (χ0v) is 8.36. The molecule has 1 aliphatic heterocycles. The van der Waals surface area contributed by atoms with Gasteiger partial charge in [-0.25, -0.2) is 0 Å². The van der Waals surface area contributed by atoms with Gasteiger partial charge in [0.2, 0.25) is 0 Å². The summed E-state index contributed by atoms with van der Waals surface area (Å²) in [6.45, 7) is 3.15. The maximum atomic E-state index is 11.3. The van der Waals surface area contributed by atoms with Crippen molar-refractivity contribution in [1.82, 2.24) is 0 Å². The van der Waals surface area contributed by atoms with E-state index in [9.17, 15) is 9.90 Å². The second-order valence-electron chi connectivity index (χ2n) is 4.13. The molecule has 2 fully saturated rings. The number of hydrogen-bond donors (Lipinski definition) is 1. The number of aliphatic hydroxyl groups excluding tert-OH is 1. The molecule has 1 spiro atoms. The molecule has 14 heavy (non-hydrogen) atoms. The Morgan fingerprint density at radius 3 is 2.71 bits per heavy atom. The fourth-order valence-electron chi connectivity index (χ4n) is 2.26. The third kappa shape index (κ3) is 1.58.